The summed E-state index contributed by atoms with van der Waals surface area (Å²) in [6.45, 7) is 4.60. The monoisotopic (exact) mass is 340 g/mol. The lowest BCUT2D eigenvalue weighted by molar-refractivity contribution is -0.222. The van der Waals surface area contributed by atoms with Crippen molar-refractivity contribution in [3.8, 4) is 0 Å². The normalized spacial score (nSPS) is 17.3. The molecule has 0 atom stereocenters. The lowest BCUT2D eigenvalue weighted by Crippen LogP contribution is -2.42. The molecule has 2 heterocycles. The summed E-state index contributed by atoms with van der Waals surface area (Å²) >= 11 is 3.22. The third-order valence-electron chi connectivity index (χ3n) is 2.52. The van der Waals surface area contributed by atoms with Crippen LogP contribution in [0.3, 0.4) is 0 Å². The summed E-state index contributed by atoms with van der Waals surface area (Å²) in [5, 5.41) is 2.92. The number of cyclic esters (lactones) is 2. The van der Waals surface area contributed by atoms with E-state index >= 15 is 0 Å². The van der Waals surface area contributed by atoms with E-state index in [9.17, 15) is 9.59 Å². The van der Waals surface area contributed by atoms with Gasteiger partial charge in [-0.25, -0.2) is 14.6 Å². The number of anilines is 1. The first-order valence-corrected chi connectivity index (χ1v) is 6.64. The molecule has 0 saturated carbocycles. The van der Waals surface area contributed by atoms with Crippen molar-refractivity contribution in [3.05, 3.63) is 34.2 Å². The molecule has 0 aromatic carbocycles. The fourth-order valence-corrected chi connectivity index (χ4v) is 1.92. The van der Waals surface area contributed by atoms with Crippen LogP contribution < -0.4 is 5.32 Å². The van der Waals surface area contributed by atoms with Crippen LogP contribution in [0.1, 0.15) is 20.8 Å². The Balaban J connectivity index is 2.25. The van der Waals surface area contributed by atoms with Gasteiger partial charge in [0.1, 0.15) is 4.60 Å². The van der Waals surface area contributed by atoms with Crippen LogP contribution in [-0.2, 0) is 19.1 Å². The molecule has 0 aliphatic carbocycles. The van der Waals surface area contributed by atoms with Crippen LogP contribution in [0, 0.1) is 0 Å². The Kier molecular flexibility index (Phi) is 3.80. The molecule has 7 heteroatoms. The molecule has 0 spiro atoms. The number of halogens is 1. The molecule has 1 aromatic heterocycles. The van der Waals surface area contributed by atoms with Gasteiger partial charge in [0.2, 0.25) is 0 Å². The average molecular weight is 341 g/mol. The van der Waals surface area contributed by atoms with Gasteiger partial charge in [-0.05, 0) is 35.0 Å². The summed E-state index contributed by atoms with van der Waals surface area (Å²) in [6.07, 6.45) is 1.57. The highest BCUT2D eigenvalue weighted by atomic mass is 79.9. The highest BCUT2D eigenvalue weighted by Crippen LogP contribution is 2.25. The maximum atomic E-state index is 11.9. The standard InChI is InChI=1S/C13H13BrN2O4/c1-7(16-8-4-5-9(14)15-6-8)10-11(17)19-13(2,3)20-12(10)18/h4-6,16H,1-3H3. The van der Waals surface area contributed by atoms with Crippen molar-refractivity contribution < 1.29 is 19.1 Å². The number of nitrogens with zero attached hydrogens (tertiary/aromatic N) is 1. The van der Waals surface area contributed by atoms with Crippen molar-refractivity contribution in [3.63, 3.8) is 0 Å². The fourth-order valence-electron chi connectivity index (χ4n) is 1.69. The number of hydrogen-bond donors (Lipinski definition) is 1. The molecule has 106 valence electrons. The van der Waals surface area contributed by atoms with Crippen molar-refractivity contribution in [1.29, 1.82) is 0 Å². The van der Waals surface area contributed by atoms with Gasteiger partial charge in [-0.1, -0.05) is 0 Å². The highest BCUT2D eigenvalue weighted by molar-refractivity contribution is 9.10. The van der Waals surface area contributed by atoms with Crippen LogP contribution in [0.25, 0.3) is 0 Å². The predicted molar refractivity (Wildman–Crippen MR) is 74.5 cm³/mol. The summed E-state index contributed by atoms with van der Waals surface area (Å²) in [4.78, 5) is 27.8. The number of pyridine rings is 1. The predicted octanol–water partition coefficient (Wildman–Crippen LogP) is 2.37. The third-order valence-corrected chi connectivity index (χ3v) is 2.99. The molecule has 1 aliphatic heterocycles. The van der Waals surface area contributed by atoms with Gasteiger partial charge in [0.25, 0.3) is 5.79 Å². The SMILES string of the molecule is CC(Nc1ccc(Br)nc1)=C1C(=O)OC(C)(C)OC1=O. The molecule has 1 saturated heterocycles. The van der Waals surface area contributed by atoms with Gasteiger partial charge in [0, 0.05) is 19.5 Å². The Bertz CT molecular complexity index is 571. The summed E-state index contributed by atoms with van der Waals surface area (Å²) in [5.74, 6) is -2.65. The minimum Gasteiger partial charge on any atom is -0.419 e. The van der Waals surface area contributed by atoms with E-state index in [1.807, 2.05) is 0 Å². The molecule has 1 aromatic rings. The van der Waals surface area contributed by atoms with Crippen LogP contribution in [0.5, 0.6) is 0 Å². The molecule has 0 bridgehead atoms. The van der Waals surface area contributed by atoms with Crippen LogP contribution in [0.4, 0.5) is 5.69 Å². The molecule has 1 N–H and O–H groups in total. The lowest BCUT2D eigenvalue weighted by Gasteiger charge is -2.30. The number of allylic oxidation sites excluding steroid dienone is 1. The van der Waals surface area contributed by atoms with Crippen LogP contribution in [0.15, 0.2) is 34.2 Å². The summed E-state index contributed by atoms with van der Waals surface area (Å²) < 4.78 is 10.8. The topological polar surface area (TPSA) is 77.5 Å². The minimum atomic E-state index is -1.24. The molecule has 1 fully saturated rings. The minimum absolute atomic E-state index is 0.146. The van der Waals surface area contributed by atoms with Crippen molar-refractivity contribution >= 4 is 33.6 Å². The van der Waals surface area contributed by atoms with Crippen molar-refractivity contribution in [1.82, 2.24) is 4.98 Å². The molecule has 20 heavy (non-hydrogen) atoms. The van der Waals surface area contributed by atoms with Gasteiger partial charge < -0.3 is 14.8 Å². The largest absolute Gasteiger partial charge is 0.419 e. The fraction of sp³-hybridized carbons (Fsp3) is 0.308. The number of ether oxygens (including phenoxy) is 2. The Morgan fingerprint density at radius 2 is 1.85 bits per heavy atom. The summed E-state index contributed by atoms with van der Waals surface area (Å²) in [5.41, 5.74) is 0.843. The first kappa shape index (κ1) is 14.5. The molecule has 2 rings (SSSR count). The molecular formula is C13H13BrN2O4. The van der Waals surface area contributed by atoms with E-state index in [0.717, 1.165) is 0 Å². The van der Waals surface area contributed by atoms with Gasteiger partial charge in [0.05, 0.1) is 11.9 Å². The summed E-state index contributed by atoms with van der Waals surface area (Å²) in [7, 11) is 0. The van der Waals surface area contributed by atoms with Gasteiger partial charge in [-0.15, -0.1) is 0 Å². The Hall–Kier alpha value is -1.89. The van der Waals surface area contributed by atoms with Crippen LogP contribution >= 0.6 is 15.9 Å². The van der Waals surface area contributed by atoms with E-state index in [0.29, 0.717) is 16.0 Å². The van der Waals surface area contributed by atoms with Gasteiger partial charge in [-0.3, -0.25) is 0 Å². The quantitative estimate of drug-likeness (QED) is 0.385. The van der Waals surface area contributed by atoms with E-state index in [4.69, 9.17) is 9.47 Å². The number of rotatable bonds is 2. The molecular weight excluding hydrogens is 328 g/mol. The summed E-state index contributed by atoms with van der Waals surface area (Å²) in [6, 6.07) is 3.49. The zero-order valence-electron chi connectivity index (χ0n) is 11.2. The number of aromatic nitrogens is 1. The Morgan fingerprint density at radius 3 is 2.35 bits per heavy atom. The van der Waals surface area contributed by atoms with E-state index < -0.39 is 17.7 Å². The molecule has 0 amide bonds. The van der Waals surface area contributed by atoms with Crippen LogP contribution in [0.2, 0.25) is 0 Å². The van der Waals surface area contributed by atoms with Crippen molar-refractivity contribution in [2.24, 2.45) is 0 Å². The smallest absolute Gasteiger partial charge is 0.350 e. The zero-order valence-corrected chi connectivity index (χ0v) is 12.8. The average Bonchev–Trinajstić information content (AvgIpc) is 2.29. The van der Waals surface area contributed by atoms with Crippen molar-refractivity contribution in [2.75, 3.05) is 5.32 Å². The molecule has 0 radical (unpaired) electrons. The van der Waals surface area contributed by atoms with Crippen LogP contribution in [-0.4, -0.2) is 22.7 Å². The van der Waals surface area contributed by atoms with E-state index in [1.165, 1.54) is 13.8 Å². The van der Waals surface area contributed by atoms with Gasteiger partial charge in [0.15, 0.2) is 5.57 Å². The number of esters is 2. The highest BCUT2D eigenvalue weighted by Gasteiger charge is 2.40. The molecule has 1 aliphatic rings. The first-order valence-electron chi connectivity index (χ1n) is 5.84. The Labute approximate surface area is 124 Å². The maximum absolute atomic E-state index is 11.9. The van der Waals surface area contributed by atoms with E-state index in [1.54, 1.807) is 25.3 Å². The van der Waals surface area contributed by atoms with Crippen molar-refractivity contribution in [2.45, 2.75) is 26.6 Å². The van der Waals surface area contributed by atoms with Gasteiger partial charge in [-0.2, -0.15) is 0 Å². The lowest BCUT2D eigenvalue weighted by atomic mass is 10.1. The maximum Gasteiger partial charge on any atom is 0.350 e. The number of hydrogen-bond acceptors (Lipinski definition) is 6. The Morgan fingerprint density at radius 1 is 1.25 bits per heavy atom. The second-order valence-electron chi connectivity index (χ2n) is 4.67. The van der Waals surface area contributed by atoms with Gasteiger partial charge >= 0.3 is 11.9 Å². The molecule has 0 unspecified atom stereocenters. The second kappa shape index (κ2) is 5.24. The third kappa shape index (κ3) is 3.16. The number of carbonyl (C=O) groups is 2. The van der Waals surface area contributed by atoms with E-state index in [2.05, 4.69) is 26.2 Å². The molecule has 6 nitrogen and oxygen atoms in total. The number of carbonyl (C=O) groups excluding carboxylic acids is 2. The zero-order chi connectivity index (χ0) is 14.9. The second-order valence-corrected chi connectivity index (χ2v) is 5.49. The first-order chi connectivity index (χ1) is 9.28. The van der Waals surface area contributed by atoms with E-state index in [-0.39, 0.29) is 5.57 Å². The number of nitrogens with one attached hydrogen (secondary N) is 1.